The summed E-state index contributed by atoms with van der Waals surface area (Å²) < 4.78 is 4.89. The summed E-state index contributed by atoms with van der Waals surface area (Å²) in [5.74, 6) is -1.34. The molecule has 0 aromatic carbocycles. The van der Waals surface area contributed by atoms with E-state index in [2.05, 4.69) is 10.3 Å². The minimum absolute atomic E-state index is 0.132. The molecule has 0 saturated heterocycles. The van der Waals surface area contributed by atoms with Crippen molar-refractivity contribution >= 4 is 17.7 Å². The minimum Gasteiger partial charge on any atom is -0.477 e. The van der Waals surface area contributed by atoms with Crippen LogP contribution in [0.1, 0.15) is 21.0 Å². The predicted molar refractivity (Wildman–Crippen MR) is 57.9 cm³/mol. The molecule has 0 unspecified atom stereocenters. The molecule has 0 bridgehead atoms. The zero-order valence-electron chi connectivity index (χ0n) is 8.58. The number of aromatic nitrogens is 1. The smallest absolute Gasteiger partial charge is 0.354 e. The van der Waals surface area contributed by atoms with Crippen LogP contribution in [0, 0.1) is 0 Å². The molecule has 2 heterocycles. The lowest BCUT2D eigenvalue weighted by atomic mass is 10.3. The highest BCUT2D eigenvalue weighted by molar-refractivity contribution is 6.01. The van der Waals surface area contributed by atoms with Gasteiger partial charge in [-0.1, -0.05) is 6.07 Å². The van der Waals surface area contributed by atoms with Crippen LogP contribution in [-0.4, -0.2) is 22.0 Å². The molecule has 2 rings (SSSR count). The predicted octanol–water partition coefficient (Wildman–Crippen LogP) is 1.63. The molecular formula is C11H8N2O4. The Morgan fingerprint density at radius 1 is 1.24 bits per heavy atom. The molecule has 6 heteroatoms. The fourth-order valence-electron chi connectivity index (χ4n) is 1.21. The minimum atomic E-state index is -1.15. The fourth-order valence-corrected chi connectivity index (χ4v) is 1.21. The van der Waals surface area contributed by atoms with Crippen molar-refractivity contribution in [1.29, 1.82) is 0 Å². The van der Waals surface area contributed by atoms with Crippen molar-refractivity contribution in [2.24, 2.45) is 0 Å². The maximum Gasteiger partial charge on any atom is 0.354 e. The molecule has 0 radical (unpaired) electrons. The Labute approximate surface area is 95.9 Å². The summed E-state index contributed by atoms with van der Waals surface area (Å²) in [5, 5.41) is 11.2. The van der Waals surface area contributed by atoms with E-state index in [1.165, 1.54) is 30.5 Å². The molecule has 0 saturated carbocycles. The summed E-state index contributed by atoms with van der Waals surface area (Å²) in [6, 6.07) is 7.40. The molecule has 0 aliphatic rings. The average Bonchev–Trinajstić information content (AvgIpc) is 2.82. The van der Waals surface area contributed by atoms with Crippen LogP contribution in [0.15, 0.2) is 41.0 Å². The van der Waals surface area contributed by atoms with Gasteiger partial charge in [0.05, 0.1) is 6.26 Å². The standard InChI is InChI=1S/C11H8N2O4/c14-10(8-4-2-6-17-8)13-9-5-1-3-7(12-9)11(15)16/h1-6H,(H,15,16)(H,12,13,14). The Kier molecular flexibility index (Phi) is 2.87. The van der Waals surface area contributed by atoms with Gasteiger partial charge in [0.15, 0.2) is 11.5 Å². The van der Waals surface area contributed by atoms with Crippen molar-refractivity contribution < 1.29 is 19.1 Å². The molecular weight excluding hydrogens is 224 g/mol. The van der Waals surface area contributed by atoms with E-state index in [0.29, 0.717) is 0 Å². The normalized spacial score (nSPS) is 9.88. The lowest BCUT2D eigenvalue weighted by molar-refractivity contribution is 0.0690. The van der Waals surface area contributed by atoms with Crippen LogP contribution < -0.4 is 5.32 Å². The number of furan rings is 1. The first kappa shape index (κ1) is 10.9. The number of hydrogen-bond donors (Lipinski definition) is 2. The first-order valence-electron chi connectivity index (χ1n) is 4.72. The van der Waals surface area contributed by atoms with Gasteiger partial charge in [-0.25, -0.2) is 9.78 Å². The van der Waals surface area contributed by atoms with Crippen molar-refractivity contribution in [3.63, 3.8) is 0 Å². The fraction of sp³-hybridized carbons (Fsp3) is 0. The van der Waals surface area contributed by atoms with E-state index in [1.54, 1.807) is 6.07 Å². The summed E-state index contributed by atoms with van der Waals surface area (Å²) in [5.41, 5.74) is -0.137. The number of carbonyl (C=O) groups is 2. The van der Waals surface area contributed by atoms with Gasteiger partial charge in [-0.2, -0.15) is 0 Å². The quantitative estimate of drug-likeness (QED) is 0.838. The van der Waals surface area contributed by atoms with E-state index in [9.17, 15) is 9.59 Å². The maximum atomic E-state index is 11.6. The second-order valence-corrected chi connectivity index (χ2v) is 3.14. The van der Waals surface area contributed by atoms with Crippen molar-refractivity contribution in [2.75, 3.05) is 5.32 Å². The molecule has 2 N–H and O–H groups in total. The number of amides is 1. The van der Waals surface area contributed by atoms with Gasteiger partial charge in [-0.05, 0) is 24.3 Å². The van der Waals surface area contributed by atoms with Gasteiger partial charge < -0.3 is 14.8 Å². The molecule has 17 heavy (non-hydrogen) atoms. The molecule has 0 aliphatic carbocycles. The third-order valence-corrected chi connectivity index (χ3v) is 1.95. The van der Waals surface area contributed by atoms with Gasteiger partial charge in [0.25, 0.3) is 5.91 Å². The number of carboxylic acids is 1. The van der Waals surface area contributed by atoms with Crippen LogP contribution >= 0.6 is 0 Å². The molecule has 0 spiro atoms. The zero-order chi connectivity index (χ0) is 12.3. The monoisotopic (exact) mass is 232 g/mol. The Hall–Kier alpha value is -2.63. The number of hydrogen-bond acceptors (Lipinski definition) is 4. The van der Waals surface area contributed by atoms with Crippen molar-refractivity contribution in [1.82, 2.24) is 4.98 Å². The van der Waals surface area contributed by atoms with Crippen LogP contribution in [0.4, 0.5) is 5.82 Å². The highest BCUT2D eigenvalue weighted by Crippen LogP contribution is 2.08. The first-order chi connectivity index (χ1) is 8.16. The molecule has 2 aromatic heterocycles. The van der Waals surface area contributed by atoms with Crippen molar-refractivity contribution in [3.8, 4) is 0 Å². The van der Waals surface area contributed by atoms with Crippen LogP contribution in [0.3, 0.4) is 0 Å². The number of carbonyl (C=O) groups excluding carboxylic acids is 1. The third kappa shape index (κ3) is 2.49. The number of pyridine rings is 1. The highest BCUT2D eigenvalue weighted by atomic mass is 16.4. The summed E-state index contributed by atoms with van der Waals surface area (Å²) in [6.45, 7) is 0. The topological polar surface area (TPSA) is 92.4 Å². The second kappa shape index (κ2) is 4.48. The summed E-state index contributed by atoms with van der Waals surface area (Å²) >= 11 is 0. The Morgan fingerprint density at radius 2 is 2.06 bits per heavy atom. The Balaban J connectivity index is 2.16. The summed E-state index contributed by atoms with van der Waals surface area (Å²) in [6.07, 6.45) is 1.37. The van der Waals surface area contributed by atoms with E-state index in [4.69, 9.17) is 9.52 Å². The molecule has 0 atom stereocenters. The number of nitrogens with one attached hydrogen (secondary N) is 1. The lowest BCUT2D eigenvalue weighted by Crippen LogP contribution is -2.13. The van der Waals surface area contributed by atoms with Crippen LogP contribution in [-0.2, 0) is 0 Å². The third-order valence-electron chi connectivity index (χ3n) is 1.95. The lowest BCUT2D eigenvalue weighted by Gasteiger charge is -2.02. The van der Waals surface area contributed by atoms with Crippen LogP contribution in [0.5, 0.6) is 0 Å². The van der Waals surface area contributed by atoms with E-state index < -0.39 is 11.9 Å². The highest BCUT2D eigenvalue weighted by Gasteiger charge is 2.11. The number of anilines is 1. The van der Waals surface area contributed by atoms with E-state index in [-0.39, 0.29) is 17.3 Å². The Bertz CT molecular complexity index is 548. The molecule has 1 amide bonds. The first-order valence-corrected chi connectivity index (χ1v) is 4.72. The van der Waals surface area contributed by atoms with Gasteiger partial charge in [0, 0.05) is 0 Å². The van der Waals surface area contributed by atoms with Crippen LogP contribution in [0.25, 0.3) is 0 Å². The SMILES string of the molecule is O=C(O)c1cccc(NC(=O)c2ccco2)n1. The molecule has 2 aromatic rings. The van der Waals surface area contributed by atoms with Gasteiger partial charge in [-0.3, -0.25) is 4.79 Å². The molecule has 0 aliphatic heterocycles. The molecule has 0 fully saturated rings. The zero-order valence-corrected chi connectivity index (χ0v) is 8.58. The van der Waals surface area contributed by atoms with Crippen LogP contribution in [0.2, 0.25) is 0 Å². The van der Waals surface area contributed by atoms with E-state index >= 15 is 0 Å². The maximum absolute atomic E-state index is 11.6. The molecule has 86 valence electrons. The van der Waals surface area contributed by atoms with Crippen molar-refractivity contribution in [3.05, 3.63) is 48.0 Å². The largest absolute Gasteiger partial charge is 0.477 e. The van der Waals surface area contributed by atoms with Gasteiger partial charge in [0.2, 0.25) is 0 Å². The van der Waals surface area contributed by atoms with E-state index in [0.717, 1.165) is 0 Å². The van der Waals surface area contributed by atoms with E-state index in [1.807, 2.05) is 0 Å². The summed E-state index contributed by atoms with van der Waals surface area (Å²) in [7, 11) is 0. The average molecular weight is 232 g/mol. The number of carboxylic acid groups (broad SMARTS) is 1. The number of nitrogens with zero attached hydrogens (tertiary/aromatic N) is 1. The number of aromatic carboxylic acids is 1. The Morgan fingerprint density at radius 3 is 2.71 bits per heavy atom. The summed E-state index contributed by atoms with van der Waals surface area (Å²) in [4.78, 5) is 26.0. The van der Waals surface area contributed by atoms with Gasteiger partial charge in [-0.15, -0.1) is 0 Å². The van der Waals surface area contributed by atoms with Crippen molar-refractivity contribution in [2.45, 2.75) is 0 Å². The van der Waals surface area contributed by atoms with Gasteiger partial charge in [0.1, 0.15) is 5.82 Å². The van der Waals surface area contributed by atoms with Gasteiger partial charge >= 0.3 is 5.97 Å². The molecule has 6 nitrogen and oxygen atoms in total. The number of rotatable bonds is 3. The second-order valence-electron chi connectivity index (χ2n) is 3.14.